The maximum absolute atomic E-state index is 12.8. The van der Waals surface area contributed by atoms with Crippen LogP contribution in [0.4, 0.5) is 10.1 Å². The van der Waals surface area contributed by atoms with E-state index in [9.17, 15) is 14.0 Å². The van der Waals surface area contributed by atoms with Gasteiger partial charge in [-0.1, -0.05) is 11.8 Å². The van der Waals surface area contributed by atoms with Crippen molar-refractivity contribution in [3.63, 3.8) is 0 Å². The molecular formula is C16H14FN3O2S2. The minimum absolute atomic E-state index is 0.0838. The largest absolute Gasteiger partial charge is 0.326 e. The van der Waals surface area contributed by atoms with Gasteiger partial charge in [-0.3, -0.25) is 14.2 Å². The molecule has 3 aromatic rings. The van der Waals surface area contributed by atoms with Crippen LogP contribution in [0.25, 0.3) is 10.2 Å². The third-order valence-corrected chi connectivity index (χ3v) is 5.19. The Morgan fingerprint density at radius 1 is 1.33 bits per heavy atom. The van der Waals surface area contributed by atoms with E-state index in [4.69, 9.17) is 0 Å². The van der Waals surface area contributed by atoms with Crippen molar-refractivity contribution in [2.24, 2.45) is 7.05 Å². The number of hydrogen-bond donors (Lipinski definition) is 1. The van der Waals surface area contributed by atoms with Gasteiger partial charge >= 0.3 is 0 Å². The van der Waals surface area contributed by atoms with Crippen LogP contribution < -0.4 is 10.9 Å². The zero-order valence-corrected chi connectivity index (χ0v) is 14.4. The van der Waals surface area contributed by atoms with Crippen molar-refractivity contribution in [1.29, 1.82) is 0 Å². The lowest BCUT2D eigenvalue weighted by molar-refractivity contribution is -0.115. The van der Waals surface area contributed by atoms with Crippen LogP contribution in [0.5, 0.6) is 0 Å². The SMILES string of the molecule is Cn1c(SCCC(=O)Nc2ccc(F)cc2)nc2sccc2c1=O. The average Bonchev–Trinajstić information content (AvgIpc) is 3.03. The number of thiophene rings is 1. The zero-order valence-electron chi connectivity index (χ0n) is 12.8. The second-order valence-electron chi connectivity index (χ2n) is 5.05. The third-order valence-electron chi connectivity index (χ3n) is 3.35. The van der Waals surface area contributed by atoms with Crippen LogP contribution >= 0.6 is 23.1 Å². The highest BCUT2D eigenvalue weighted by Crippen LogP contribution is 2.21. The fourth-order valence-electron chi connectivity index (χ4n) is 2.10. The zero-order chi connectivity index (χ0) is 17.1. The smallest absolute Gasteiger partial charge is 0.262 e. The van der Waals surface area contributed by atoms with Gasteiger partial charge in [-0.15, -0.1) is 11.3 Å². The molecule has 0 radical (unpaired) electrons. The molecule has 0 saturated carbocycles. The molecule has 1 N–H and O–H groups in total. The quantitative estimate of drug-likeness (QED) is 0.558. The van der Waals surface area contributed by atoms with Crippen molar-refractivity contribution in [3.05, 3.63) is 51.9 Å². The number of rotatable bonds is 5. The Hall–Kier alpha value is -2.19. The van der Waals surface area contributed by atoms with E-state index in [1.54, 1.807) is 13.1 Å². The first kappa shape index (κ1) is 16.7. The lowest BCUT2D eigenvalue weighted by Gasteiger charge is -2.07. The molecule has 1 amide bonds. The van der Waals surface area contributed by atoms with E-state index in [-0.39, 0.29) is 23.7 Å². The Labute approximate surface area is 145 Å². The minimum Gasteiger partial charge on any atom is -0.326 e. The monoisotopic (exact) mass is 363 g/mol. The Morgan fingerprint density at radius 3 is 2.83 bits per heavy atom. The summed E-state index contributed by atoms with van der Waals surface area (Å²) in [7, 11) is 1.67. The fraction of sp³-hybridized carbons (Fsp3) is 0.188. The maximum atomic E-state index is 12.8. The van der Waals surface area contributed by atoms with Crippen LogP contribution in [0, 0.1) is 5.82 Å². The molecule has 2 heterocycles. The van der Waals surface area contributed by atoms with Gasteiger partial charge in [0.1, 0.15) is 10.6 Å². The molecule has 1 aromatic carbocycles. The number of hydrogen-bond acceptors (Lipinski definition) is 5. The molecule has 0 atom stereocenters. The van der Waals surface area contributed by atoms with Gasteiger partial charge in [0.25, 0.3) is 5.56 Å². The number of fused-ring (bicyclic) bond motifs is 1. The molecule has 0 aliphatic heterocycles. The molecule has 0 bridgehead atoms. The van der Waals surface area contributed by atoms with Crippen LogP contribution in [0.1, 0.15) is 6.42 Å². The summed E-state index contributed by atoms with van der Waals surface area (Å²) in [4.78, 5) is 29.2. The number of nitrogens with zero attached hydrogens (tertiary/aromatic N) is 2. The van der Waals surface area contributed by atoms with Gasteiger partial charge < -0.3 is 5.32 Å². The maximum Gasteiger partial charge on any atom is 0.262 e. The number of thioether (sulfide) groups is 1. The first-order valence-corrected chi connectivity index (χ1v) is 9.03. The molecule has 0 aliphatic carbocycles. The van der Waals surface area contributed by atoms with Crippen LogP contribution in [0.2, 0.25) is 0 Å². The standard InChI is InChI=1S/C16H14FN3O2S2/c1-20-15(22)12-6-8-23-14(12)19-16(20)24-9-7-13(21)18-11-4-2-10(17)3-5-11/h2-6,8H,7,9H2,1H3,(H,18,21). The van der Waals surface area contributed by atoms with E-state index in [1.165, 1.54) is 51.9 Å². The number of carbonyl (C=O) groups is 1. The van der Waals surface area contributed by atoms with Crippen molar-refractivity contribution < 1.29 is 9.18 Å². The van der Waals surface area contributed by atoms with E-state index in [1.807, 2.05) is 5.38 Å². The summed E-state index contributed by atoms with van der Waals surface area (Å²) in [5, 5.41) is 5.74. The van der Waals surface area contributed by atoms with Gasteiger partial charge in [-0.25, -0.2) is 9.37 Å². The Morgan fingerprint density at radius 2 is 2.08 bits per heavy atom. The second-order valence-corrected chi connectivity index (χ2v) is 7.01. The predicted molar refractivity (Wildman–Crippen MR) is 95.2 cm³/mol. The molecule has 8 heteroatoms. The molecule has 2 aromatic heterocycles. The summed E-state index contributed by atoms with van der Waals surface area (Å²) in [6.07, 6.45) is 0.264. The summed E-state index contributed by atoms with van der Waals surface area (Å²) in [6.45, 7) is 0. The van der Waals surface area contributed by atoms with Crippen molar-refractivity contribution in [3.8, 4) is 0 Å². The summed E-state index contributed by atoms with van der Waals surface area (Å²) in [6, 6.07) is 7.37. The average molecular weight is 363 g/mol. The first-order valence-electron chi connectivity index (χ1n) is 7.17. The number of halogens is 1. The molecule has 0 unspecified atom stereocenters. The van der Waals surface area contributed by atoms with E-state index >= 15 is 0 Å². The van der Waals surface area contributed by atoms with Crippen molar-refractivity contribution >= 4 is 44.9 Å². The highest BCUT2D eigenvalue weighted by atomic mass is 32.2. The van der Waals surface area contributed by atoms with Crippen LogP contribution in [-0.2, 0) is 11.8 Å². The van der Waals surface area contributed by atoms with E-state index in [2.05, 4.69) is 10.3 Å². The van der Waals surface area contributed by atoms with Gasteiger partial charge in [0.2, 0.25) is 5.91 Å². The number of aromatic nitrogens is 2. The normalized spacial score (nSPS) is 10.9. The molecule has 0 saturated heterocycles. The van der Waals surface area contributed by atoms with E-state index in [0.29, 0.717) is 26.8 Å². The summed E-state index contributed by atoms with van der Waals surface area (Å²) >= 11 is 2.78. The highest BCUT2D eigenvalue weighted by Gasteiger charge is 2.10. The molecule has 0 fully saturated rings. The molecule has 5 nitrogen and oxygen atoms in total. The lowest BCUT2D eigenvalue weighted by Crippen LogP contribution is -2.19. The predicted octanol–water partition coefficient (Wildman–Crippen LogP) is 3.26. The van der Waals surface area contributed by atoms with Crippen LogP contribution in [-0.4, -0.2) is 21.2 Å². The van der Waals surface area contributed by atoms with Gasteiger partial charge in [-0.05, 0) is 35.7 Å². The summed E-state index contributed by atoms with van der Waals surface area (Å²) in [5.74, 6) is -0.0275. The minimum atomic E-state index is -0.348. The number of nitrogens with one attached hydrogen (secondary N) is 1. The molecule has 24 heavy (non-hydrogen) atoms. The van der Waals surface area contributed by atoms with Gasteiger partial charge in [0.15, 0.2) is 5.16 Å². The number of anilines is 1. The first-order chi connectivity index (χ1) is 11.5. The molecule has 3 rings (SSSR count). The van der Waals surface area contributed by atoms with Gasteiger partial charge in [0.05, 0.1) is 5.39 Å². The fourth-order valence-corrected chi connectivity index (χ4v) is 3.82. The third kappa shape index (κ3) is 3.65. The summed E-state index contributed by atoms with van der Waals surface area (Å²) < 4.78 is 14.3. The van der Waals surface area contributed by atoms with Gasteiger partial charge in [0, 0.05) is 24.9 Å². The number of carbonyl (C=O) groups excluding carboxylic acids is 1. The molecule has 124 valence electrons. The van der Waals surface area contributed by atoms with Crippen LogP contribution in [0.3, 0.4) is 0 Å². The van der Waals surface area contributed by atoms with Crippen molar-refractivity contribution in [2.75, 3.05) is 11.1 Å². The van der Waals surface area contributed by atoms with Crippen LogP contribution in [0.15, 0.2) is 45.7 Å². The topological polar surface area (TPSA) is 64.0 Å². The highest BCUT2D eigenvalue weighted by molar-refractivity contribution is 7.99. The Bertz CT molecular complexity index is 935. The number of benzene rings is 1. The van der Waals surface area contributed by atoms with Gasteiger partial charge in [-0.2, -0.15) is 0 Å². The Kier molecular flexibility index (Phi) is 4.96. The second kappa shape index (κ2) is 7.14. The molecular weight excluding hydrogens is 349 g/mol. The molecule has 0 aliphatic rings. The number of amides is 1. The van der Waals surface area contributed by atoms with Crippen molar-refractivity contribution in [2.45, 2.75) is 11.6 Å². The lowest BCUT2D eigenvalue weighted by atomic mass is 10.3. The summed E-state index contributed by atoms with van der Waals surface area (Å²) in [5.41, 5.74) is 0.469. The van der Waals surface area contributed by atoms with E-state index in [0.717, 1.165) is 0 Å². The van der Waals surface area contributed by atoms with Crippen molar-refractivity contribution in [1.82, 2.24) is 9.55 Å². The van der Waals surface area contributed by atoms with E-state index < -0.39 is 0 Å². The molecule has 0 spiro atoms. The Balaban J connectivity index is 1.60.